The van der Waals surface area contributed by atoms with E-state index in [0.29, 0.717) is 5.92 Å². The van der Waals surface area contributed by atoms with Crippen molar-refractivity contribution in [3.63, 3.8) is 0 Å². The first-order valence-electron chi connectivity index (χ1n) is 20.9. The molecule has 0 amide bonds. The van der Waals surface area contributed by atoms with Gasteiger partial charge in [0.05, 0.1) is 0 Å². The van der Waals surface area contributed by atoms with Crippen LogP contribution in [0.25, 0.3) is 55.3 Å². The molecule has 7 aromatic carbocycles. The smallest absolute Gasteiger partial charge is 0.136 e. The van der Waals surface area contributed by atoms with Crippen molar-refractivity contribution in [3.8, 4) is 33.4 Å². The topological polar surface area (TPSA) is 13.1 Å². The van der Waals surface area contributed by atoms with Gasteiger partial charge in [0.15, 0.2) is 0 Å². The van der Waals surface area contributed by atoms with Crippen LogP contribution in [0.3, 0.4) is 0 Å². The second-order valence-corrected chi connectivity index (χ2v) is 18.9. The van der Waals surface area contributed by atoms with E-state index in [0.717, 1.165) is 24.0 Å². The number of furan rings is 1. The van der Waals surface area contributed by atoms with Gasteiger partial charge in [-0.05, 0) is 146 Å². The van der Waals surface area contributed by atoms with E-state index in [1.807, 2.05) is 0 Å². The van der Waals surface area contributed by atoms with Crippen molar-refractivity contribution in [1.29, 1.82) is 0 Å². The first-order chi connectivity index (χ1) is 27.3. The lowest BCUT2D eigenvalue weighted by atomic mass is 9.78. The standard InChI is InChI=1S/C56H50O/c1-32-26-41-38-22-19-34(28-46(38)55(5,6)45(41)27-33(32)2)18-21-37(35-14-10-9-11-15-35)36-20-23-39-42-30-49-43(31-48(42)56(7,8)47(39)29-36)52-44(54(49,3)4)24-25-51-53(52)40-16-12-13-17-50(40)57-51/h9-17,19-20,22-31,37H,18,21H2,1-8H3. The van der Waals surface area contributed by atoms with Crippen LogP contribution in [0.2, 0.25) is 0 Å². The van der Waals surface area contributed by atoms with E-state index in [-0.39, 0.29) is 16.2 Å². The third kappa shape index (κ3) is 4.75. The summed E-state index contributed by atoms with van der Waals surface area (Å²) < 4.78 is 6.41. The molecule has 3 aliphatic rings. The zero-order valence-corrected chi connectivity index (χ0v) is 34.5. The van der Waals surface area contributed by atoms with Gasteiger partial charge in [0, 0.05) is 32.9 Å². The first-order valence-corrected chi connectivity index (χ1v) is 20.9. The minimum atomic E-state index is -0.145. The molecule has 8 aromatic rings. The first kappa shape index (κ1) is 34.6. The van der Waals surface area contributed by atoms with Crippen molar-refractivity contribution < 1.29 is 4.42 Å². The highest BCUT2D eigenvalue weighted by Crippen LogP contribution is 2.58. The highest BCUT2D eigenvalue weighted by atomic mass is 16.3. The molecular formula is C56H50O. The minimum Gasteiger partial charge on any atom is -0.456 e. The molecule has 0 spiro atoms. The van der Waals surface area contributed by atoms with Crippen LogP contribution in [0, 0.1) is 13.8 Å². The van der Waals surface area contributed by atoms with Gasteiger partial charge >= 0.3 is 0 Å². The predicted molar refractivity (Wildman–Crippen MR) is 239 cm³/mol. The van der Waals surface area contributed by atoms with Gasteiger partial charge in [-0.25, -0.2) is 0 Å². The maximum absolute atomic E-state index is 6.41. The zero-order valence-electron chi connectivity index (χ0n) is 34.5. The molecule has 1 heterocycles. The lowest BCUT2D eigenvalue weighted by Crippen LogP contribution is -2.17. The Morgan fingerprint density at radius 3 is 1.84 bits per heavy atom. The summed E-state index contributed by atoms with van der Waals surface area (Å²) in [5.41, 5.74) is 25.5. The van der Waals surface area contributed by atoms with Gasteiger partial charge in [0.25, 0.3) is 0 Å². The molecule has 0 bridgehead atoms. The summed E-state index contributed by atoms with van der Waals surface area (Å²) in [7, 11) is 0. The summed E-state index contributed by atoms with van der Waals surface area (Å²) in [5, 5.41) is 2.45. The van der Waals surface area contributed by atoms with E-state index >= 15 is 0 Å². The average molecular weight is 739 g/mol. The van der Waals surface area contributed by atoms with Gasteiger partial charge in [-0.1, -0.05) is 145 Å². The number of fused-ring (bicyclic) bond motifs is 13. The van der Waals surface area contributed by atoms with Gasteiger partial charge in [0.2, 0.25) is 0 Å². The van der Waals surface area contributed by atoms with Gasteiger partial charge in [-0.3, -0.25) is 0 Å². The minimum absolute atomic E-state index is 0.00560. The number of para-hydroxylation sites is 1. The van der Waals surface area contributed by atoms with Crippen molar-refractivity contribution in [3.05, 3.63) is 189 Å². The molecule has 0 aliphatic heterocycles. The van der Waals surface area contributed by atoms with Crippen LogP contribution in [-0.2, 0) is 22.7 Å². The van der Waals surface area contributed by atoms with E-state index < -0.39 is 0 Å². The summed E-state index contributed by atoms with van der Waals surface area (Å²) in [6, 6.07) is 48.9. The lowest BCUT2D eigenvalue weighted by Gasteiger charge is -2.25. The second-order valence-electron chi connectivity index (χ2n) is 18.9. The average Bonchev–Trinajstić information content (AvgIpc) is 3.83. The zero-order chi connectivity index (χ0) is 39.2. The van der Waals surface area contributed by atoms with Crippen LogP contribution in [0.15, 0.2) is 132 Å². The molecule has 1 nitrogen and oxygen atoms in total. The maximum Gasteiger partial charge on any atom is 0.136 e. The highest BCUT2D eigenvalue weighted by molar-refractivity contribution is 6.15. The summed E-state index contributed by atoms with van der Waals surface area (Å²) >= 11 is 0. The molecule has 1 unspecified atom stereocenters. The summed E-state index contributed by atoms with van der Waals surface area (Å²) in [6.45, 7) is 19.0. The Morgan fingerprint density at radius 1 is 0.456 bits per heavy atom. The molecule has 0 saturated carbocycles. The third-order valence-electron chi connectivity index (χ3n) is 14.7. The van der Waals surface area contributed by atoms with E-state index in [1.54, 1.807) is 0 Å². The Bertz CT molecular complexity index is 3000. The maximum atomic E-state index is 6.41. The molecule has 0 fully saturated rings. The van der Waals surface area contributed by atoms with Crippen molar-refractivity contribution >= 4 is 21.9 Å². The van der Waals surface area contributed by atoms with Crippen molar-refractivity contribution in [1.82, 2.24) is 0 Å². The van der Waals surface area contributed by atoms with Crippen LogP contribution >= 0.6 is 0 Å². The number of benzene rings is 7. The second kappa shape index (κ2) is 11.7. The lowest BCUT2D eigenvalue weighted by molar-refractivity contribution is 0.647. The third-order valence-corrected chi connectivity index (χ3v) is 14.7. The van der Waals surface area contributed by atoms with Crippen LogP contribution in [0.4, 0.5) is 0 Å². The van der Waals surface area contributed by atoms with Crippen molar-refractivity contribution in [2.24, 2.45) is 0 Å². The molecule has 0 radical (unpaired) electrons. The Morgan fingerprint density at radius 2 is 1.05 bits per heavy atom. The molecule has 1 aromatic heterocycles. The van der Waals surface area contributed by atoms with Crippen molar-refractivity contribution in [2.75, 3.05) is 0 Å². The summed E-state index contributed by atoms with van der Waals surface area (Å²) in [4.78, 5) is 0. The molecule has 280 valence electrons. The Kier molecular flexibility index (Phi) is 7.10. The fourth-order valence-electron chi connectivity index (χ4n) is 11.2. The quantitative estimate of drug-likeness (QED) is 0.171. The monoisotopic (exact) mass is 738 g/mol. The van der Waals surface area contributed by atoms with Gasteiger partial charge in [0.1, 0.15) is 11.2 Å². The van der Waals surface area contributed by atoms with E-state index in [4.69, 9.17) is 4.42 Å². The van der Waals surface area contributed by atoms with E-state index in [1.165, 1.54) is 105 Å². The number of rotatable bonds is 5. The Balaban J connectivity index is 0.976. The fraction of sp³-hybridized carbons (Fsp3) is 0.250. The molecule has 0 saturated heterocycles. The molecule has 3 aliphatic carbocycles. The van der Waals surface area contributed by atoms with E-state index in [2.05, 4.69) is 183 Å². The Labute approximate surface area is 337 Å². The van der Waals surface area contributed by atoms with Crippen LogP contribution in [-0.4, -0.2) is 0 Å². The Hall–Kier alpha value is -5.66. The number of hydrogen-bond acceptors (Lipinski definition) is 1. The molecular weight excluding hydrogens is 689 g/mol. The van der Waals surface area contributed by atoms with Gasteiger partial charge in [-0.15, -0.1) is 0 Å². The normalized spacial score (nSPS) is 16.6. The molecule has 57 heavy (non-hydrogen) atoms. The van der Waals surface area contributed by atoms with Crippen molar-refractivity contribution in [2.45, 2.75) is 90.4 Å². The molecule has 0 N–H and O–H groups in total. The summed E-state index contributed by atoms with van der Waals surface area (Å²) in [5.74, 6) is 0.290. The molecule has 11 rings (SSSR count). The van der Waals surface area contributed by atoms with Crippen LogP contribution in [0.5, 0.6) is 0 Å². The highest BCUT2D eigenvalue weighted by Gasteiger charge is 2.43. The predicted octanol–water partition coefficient (Wildman–Crippen LogP) is 14.9. The number of hydrogen-bond donors (Lipinski definition) is 0. The van der Waals surface area contributed by atoms with Crippen LogP contribution in [0.1, 0.15) is 115 Å². The van der Waals surface area contributed by atoms with E-state index in [9.17, 15) is 0 Å². The number of aryl methyl sites for hydroxylation is 3. The fourth-order valence-corrected chi connectivity index (χ4v) is 11.2. The SMILES string of the molecule is Cc1cc2c(cc1C)C(C)(C)c1cc(CCC(c3ccccc3)c3ccc4c(c3)C(C)(C)c3cc5c(cc3-4)C(C)(C)c3ccc4oc6ccccc6c4c3-5)ccc1-2. The molecule has 1 heteroatoms. The van der Waals surface area contributed by atoms with Gasteiger partial charge in [-0.2, -0.15) is 0 Å². The molecule has 1 atom stereocenters. The summed E-state index contributed by atoms with van der Waals surface area (Å²) in [6.07, 6.45) is 2.07. The van der Waals surface area contributed by atoms with Crippen LogP contribution < -0.4 is 0 Å². The van der Waals surface area contributed by atoms with Gasteiger partial charge < -0.3 is 4.42 Å². The largest absolute Gasteiger partial charge is 0.456 e.